The van der Waals surface area contributed by atoms with Crippen molar-refractivity contribution in [2.45, 2.75) is 25.3 Å². The zero-order valence-electron chi connectivity index (χ0n) is 14.8. The molecule has 2 heterocycles. The Morgan fingerprint density at radius 1 is 1.16 bits per heavy atom. The fourth-order valence-corrected chi connectivity index (χ4v) is 4.45. The predicted molar refractivity (Wildman–Crippen MR) is 95.4 cm³/mol. The van der Waals surface area contributed by atoms with E-state index in [1.165, 1.54) is 10.6 Å². The highest BCUT2D eigenvalue weighted by Crippen LogP contribution is 2.22. The highest BCUT2D eigenvalue weighted by molar-refractivity contribution is 7.88. The van der Waals surface area contributed by atoms with Gasteiger partial charge >= 0.3 is 0 Å². The molecule has 1 unspecified atom stereocenters. The van der Waals surface area contributed by atoms with E-state index in [4.69, 9.17) is 0 Å². The number of carbonyl (C=O) groups is 2. The number of nitrogens with zero attached hydrogens (tertiary/aromatic N) is 3. The minimum Gasteiger partial charge on any atom is -0.352 e. The number of hydrogen-bond donors (Lipinski definition) is 1. The molecule has 0 saturated carbocycles. The van der Waals surface area contributed by atoms with Crippen molar-refractivity contribution in [3.8, 4) is 0 Å². The molecule has 2 amide bonds. The number of amides is 2. The van der Waals surface area contributed by atoms with Crippen molar-refractivity contribution < 1.29 is 18.0 Å². The number of carbonyl (C=O) groups excluding carboxylic acids is 2. The van der Waals surface area contributed by atoms with Crippen LogP contribution in [0.25, 0.3) is 0 Å². The summed E-state index contributed by atoms with van der Waals surface area (Å²) in [4.78, 5) is 28.2. The van der Waals surface area contributed by atoms with Crippen LogP contribution < -0.4 is 5.32 Å². The summed E-state index contributed by atoms with van der Waals surface area (Å²) in [5, 5.41) is 2.74. The molecule has 0 aromatic rings. The Morgan fingerprint density at radius 2 is 1.84 bits per heavy atom. The first kappa shape index (κ1) is 19.9. The van der Waals surface area contributed by atoms with E-state index in [-0.39, 0.29) is 11.8 Å². The quantitative estimate of drug-likeness (QED) is 0.620. The van der Waals surface area contributed by atoms with Gasteiger partial charge < -0.3 is 10.2 Å². The molecule has 2 aliphatic heterocycles. The van der Waals surface area contributed by atoms with Gasteiger partial charge in [-0.1, -0.05) is 12.5 Å². The topological polar surface area (TPSA) is 90.0 Å². The third-order valence-electron chi connectivity index (χ3n) is 4.66. The van der Waals surface area contributed by atoms with Gasteiger partial charge in [-0.2, -0.15) is 4.31 Å². The van der Waals surface area contributed by atoms with Gasteiger partial charge in [0.2, 0.25) is 21.8 Å². The van der Waals surface area contributed by atoms with Gasteiger partial charge in [-0.15, -0.1) is 6.58 Å². The molecule has 0 aromatic carbocycles. The Hall–Kier alpha value is -1.45. The number of hydrogen-bond acceptors (Lipinski definition) is 5. The van der Waals surface area contributed by atoms with E-state index in [1.54, 1.807) is 11.0 Å². The van der Waals surface area contributed by atoms with E-state index in [1.807, 2.05) is 4.90 Å². The molecule has 2 fully saturated rings. The first-order valence-electron chi connectivity index (χ1n) is 8.68. The molecule has 2 rings (SSSR count). The Kier molecular flexibility index (Phi) is 6.97. The minimum atomic E-state index is -3.38. The summed E-state index contributed by atoms with van der Waals surface area (Å²) in [7, 11) is -3.38. The average Bonchev–Trinajstić information content (AvgIpc) is 2.59. The standard InChI is InChI=1S/C16H28N4O4S/c1-3-7-17-15(21)13-18-9-11-19(12-10-18)16(22)14-6-4-5-8-20(14)25(2,23)24/h3,14H,1,4-13H2,2H3,(H,17,21). The van der Waals surface area contributed by atoms with Crippen LogP contribution in [-0.4, -0.2) is 92.4 Å². The first-order chi connectivity index (χ1) is 11.8. The first-order valence-corrected chi connectivity index (χ1v) is 10.5. The zero-order chi connectivity index (χ0) is 18.4. The van der Waals surface area contributed by atoms with Crippen LogP contribution in [0.15, 0.2) is 12.7 Å². The third kappa shape index (κ3) is 5.52. The van der Waals surface area contributed by atoms with Crippen LogP contribution >= 0.6 is 0 Å². The van der Waals surface area contributed by atoms with Crippen LogP contribution in [0.3, 0.4) is 0 Å². The maximum Gasteiger partial charge on any atom is 0.241 e. The smallest absolute Gasteiger partial charge is 0.241 e. The van der Waals surface area contributed by atoms with Gasteiger partial charge in [-0.05, 0) is 12.8 Å². The molecule has 1 N–H and O–H groups in total. The molecule has 142 valence electrons. The SMILES string of the molecule is C=CCNC(=O)CN1CCN(C(=O)C2CCCCN2S(C)(=O)=O)CC1. The van der Waals surface area contributed by atoms with Crippen molar-refractivity contribution in [1.82, 2.24) is 19.4 Å². The van der Waals surface area contributed by atoms with Gasteiger partial charge in [0.25, 0.3) is 0 Å². The molecule has 0 aliphatic carbocycles. The highest BCUT2D eigenvalue weighted by atomic mass is 32.2. The van der Waals surface area contributed by atoms with E-state index in [2.05, 4.69) is 11.9 Å². The van der Waals surface area contributed by atoms with E-state index in [0.717, 1.165) is 12.8 Å². The zero-order valence-corrected chi connectivity index (χ0v) is 15.6. The second-order valence-electron chi connectivity index (χ2n) is 6.58. The lowest BCUT2D eigenvalue weighted by Gasteiger charge is -2.39. The van der Waals surface area contributed by atoms with Crippen LogP contribution in [0.5, 0.6) is 0 Å². The third-order valence-corrected chi connectivity index (χ3v) is 5.95. The summed E-state index contributed by atoms with van der Waals surface area (Å²) in [6, 6.07) is -0.578. The molecule has 0 radical (unpaired) electrons. The molecule has 2 saturated heterocycles. The Morgan fingerprint density at radius 3 is 2.44 bits per heavy atom. The normalized spacial score (nSPS) is 23.2. The van der Waals surface area contributed by atoms with Gasteiger partial charge in [-0.3, -0.25) is 14.5 Å². The summed E-state index contributed by atoms with van der Waals surface area (Å²) in [6.45, 7) is 6.97. The summed E-state index contributed by atoms with van der Waals surface area (Å²) < 4.78 is 25.2. The molecule has 8 nitrogen and oxygen atoms in total. The van der Waals surface area contributed by atoms with E-state index in [9.17, 15) is 18.0 Å². The molecule has 25 heavy (non-hydrogen) atoms. The summed E-state index contributed by atoms with van der Waals surface area (Å²) in [5.74, 6) is -0.170. The van der Waals surface area contributed by atoms with E-state index in [0.29, 0.717) is 52.2 Å². The fourth-order valence-electron chi connectivity index (χ4n) is 3.33. The van der Waals surface area contributed by atoms with Gasteiger partial charge in [-0.25, -0.2) is 8.42 Å². The Bertz CT molecular complexity index is 599. The van der Waals surface area contributed by atoms with Crippen molar-refractivity contribution >= 4 is 21.8 Å². The lowest BCUT2D eigenvalue weighted by atomic mass is 10.0. The van der Waals surface area contributed by atoms with Crippen molar-refractivity contribution in [3.63, 3.8) is 0 Å². The predicted octanol–water partition coefficient (Wildman–Crippen LogP) is -0.753. The Labute approximate surface area is 149 Å². The second kappa shape index (κ2) is 8.77. The molecule has 9 heteroatoms. The molecule has 0 aromatic heterocycles. The van der Waals surface area contributed by atoms with Crippen LogP contribution in [-0.2, 0) is 19.6 Å². The lowest BCUT2D eigenvalue weighted by Crippen LogP contribution is -2.57. The van der Waals surface area contributed by atoms with Gasteiger partial charge in [0.1, 0.15) is 6.04 Å². The van der Waals surface area contributed by atoms with Crippen molar-refractivity contribution in [1.29, 1.82) is 0 Å². The Balaban J connectivity index is 1.88. The molecular formula is C16H28N4O4S. The fraction of sp³-hybridized carbons (Fsp3) is 0.750. The number of sulfonamides is 1. The highest BCUT2D eigenvalue weighted by Gasteiger charge is 2.37. The number of nitrogens with one attached hydrogen (secondary N) is 1. The molecule has 0 spiro atoms. The number of piperazine rings is 1. The molecular weight excluding hydrogens is 344 g/mol. The summed E-state index contributed by atoms with van der Waals surface area (Å²) >= 11 is 0. The monoisotopic (exact) mass is 372 g/mol. The van der Waals surface area contributed by atoms with Gasteiger partial charge in [0, 0.05) is 39.3 Å². The second-order valence-corrected chi connectivity index (χ2v) is 8.51. The van der Waals surface area contributed by atoms with E-state index >= 15 is 0 Å². The average molecular weight is 372 g/mol. The number of piperidine rings is 1. The summed E-state index contributed by atoms with van der Waals surface area (Å²) in [5.41, 5.74) is 0. The van der Waals surface area contributed by atoms with Gasteiger partial charge in [0.05, 0.1) is 12.8 Å². The molecule has 1 atom stereocenters. The van der Waals surface area contributed by atoms with Crippen LogP contribution in [0.1, 0.15) is 19.3 Å². The van der Waals surface area contributed by atoms with E-state index < -0.39 is 16.1 Å². The van der Waals surface area contributed by atoms with Crippen molar-refractivity contribution in [2.75, 3.05) is 52.1 Å². The van der Waals surface area contributed by atoms with Crippen LogP contribution in [0.4, 0.5) is 0 Å². The largest absolute Gasteiger partial charge is 0.352 e. The van der Waals surface area contributed by atoms with Gasteiger partial charge in [0.15, 0.2) is 0 Å². The van der Waals surface area contributed by atoms with Crippen molar-refractivity contribution in [2.24, 2.45) is 0 Å². The maximum absolute atomic E-state index is 12.8. The maximum atomic E-state index is 12.8. The number of rotatable bonds is 6. The van der Waals surface area contributed by atoms with Crippen LogP contribution in [0.2, 0.25) is 0 Å². The lowest BCUT2D eigenvalue weighted by molar-refractivity contribution is -0.138. The van der Waals surface area contributed by atoms with Crippen molar-refractivity contribution in [3.05, 3.63) is 12.7 Å². The molecule has 2 aliphatic rings. The van der Waals surface area contributed by atoms with Crippen LogP contribution in [0, 0.1) is 0 Å². The minimum absolute atomic E-state index is 0.0600. The molecule has 0 bridgehead atoms. The summed E-state index contributed by atoms with van der Waals surface area (Å²) in [6.07, 6.45) is 5.04.